The van der Waals surface area contributed by atoms with E-state index in [2.05, 4.69) is 15.3 Å². The van der Waals surface area contributed by atoms with Crippen molar-refractivity contribution in [1.29, 1.82) is 0 Å². The standard InChI is InChI=1S/C14H19N3OS/c1-9(2)14(4)12(18)17-13(19-14)16-10(3)11-7-5-6-8-15-11/h5-10H,1-4H3,(H,16,17,18)/t10-,14+/m1/s1. The van der Waals surface area contributed by atoms with Crippen molar-refractivity contribution in [2.45, 2.75) is 38.5 Å². The summed E-state index contributed by atoms with van der Waals surface area (Å²) in [7, 11) is 0. The number of rotatable bonds is 3. The lowest BCUT2D eigenvalue weighted by atomic mass is 9.96. The van der Waals surface area contributed by atoms with Crippen molar-refractivity contribution in [1.82, 2.24) is 10.3 Å². The summed E-state index contributed by atoms with van der Waals surface area (Å²) in [4.78, 5) is 20.4. The topological polar surface area (TPSA) is 54.4 Å². The molecule has 0 bridgehead atoms. The van der Waals surface area contributed by atoms with Crippen LogP contribution in [0.5, 0.6) is 0 Å². The predicted molar refractivity (Wildman–Crippen MR) is 79.1 cm³/mol. The molecule has 1 amide bonds. The van der Waals surface area contributed by atoms with Gasteiger partial charge in [0.1, 0.15) is 4.75 Å². The van der Waals surface area contributed by atoms with Crippen LogP contribution in [0.25, 0.3) is 0 Å². The van der Waals surface area contributed by atoms with Gasteiger partial charge >= 0.3 is 0 Å². The van der Waals surface area contributed by atoms with E-state index < -0.39 is 4.75 Å². The first-order chi connectivity index (χ1) is 8.93. The zero-order valence-electron chi connectivity index (χ0n) is 11.7. The highest BCUT2D eigenvalue weighted by Crippen LogP contribution is 2.39. The van der Waals surface area contributed by atoms with E-state index in [9.17, 15) is 4.79 Å². The Bertz CT molecular complexity index is 501. The van der Waals surface area contributed by atoms with Crippen LogP contribution in [-0.4, -0.2) is 20.8 Å². The number of nitrogens with one attached hydrogen (secondary N) is 1. The summed E-state index contributed by atoms with van der Waals surface area (Å²) >= 11 is 1.51. The third kappa shape index (κ3) is 2.81. The number of amides is 1. The summed E-state index contributed by atoms with van der Waals surface area (Å²) in [5.41, 5.74) is 0.941. The number of amidine groups is 1. The van der Waals surface area contributed by atoms with Crippen LogP contribution in [0, 0.1) is 5.92 Å². The second kappa shape index (κ2) is 5.33. The van der Waals surface area contributed by atoms with E-state index in [1.54, 1.807) is 6.20 Å². The minimum atomic E-state index is -0.452. The highest BCUT2D eigenvalue weighted by Gasteiger charge is 2.43. The van der Waals surface area contributed by atoms with Gasteiger partial charge < -0.3 is 5.32 Å². The molecule has 1 N–H and O–H groups in total. The second-order valence-electron chi connectivity index (χ2n) is 5.21. The average Bonchev–Trinajstić information content (AvgIpc) is 2.67. The largest absolute Gasteiger partial charge is 0.356 e. The average molecular weight is 277 g/mol. The number of nitrogens with zero attached hydrogens (tertiary/aromatic N) is 2. The fourth-order valence-corrected chi connectivity index (χ4v) is 2.92. The van der Waals surface area contributed by atoms with E-state index in [1.165, 1.54) is 11.8 Å². The van der Waals surface area contributed by atoms with Crippen LogP contribution in [0.4, 0.5) is 0 Å². The number of carbonyl (C=O) groups excluding carboxylic acids is 1. The van der Waals surface area contributed by atoms with E-state index in [-0.39, 0.29) is 17.9 Å². The lowest BCUT2D eigenvalue weighted by Gasteiger charge is -2.24. The van der Waals surface area contributed by atoms with Crippen LogP contribution in [0.3, 0.4) is 0 Å². The molecule has 2 rings (SSSR count). The number of carbonyl (C=O) groups is 1. The maximum absolute atomic E-state index is 12.0. The number of thioether (sulfide) groups is 1. The SMILES string of the molecule is CC(C)[C@]1(C)SC(N[C@H](C)c2ccccn2)=NC1=O. The summed E-state index contributed by atoms with van der Waals surface area (Å²) in [5, 5.41) is 3.96. The maximum Gasteiger partial charge on any atom is 0.264 e. The molecule has 0 saturated carbocycles. The molecule has 2 heterocycles. The fourth-order valence-electron chi connectivity index (χ4n) is 1.79. The molecule has 0 saturated heterocycles. The van der Waals surface area contributed by atoms with E-state index in [0.717, 1.165) is 5.69 Å². The molecule has 0 aromatic carbocycles. The third-order valence-electron chi connectivity index (χ3n) is 3.51. The van der Waals surface area contributed by atoms with Gasteiger partial charge in [-0.1, -0.05) is 31.7 Å². The molecule has 2 atom stereocenters. The third-order valence-corrected chi connectivity index (χ3v) is 4.98. The summed E-state index contributed by atoms with van der Waals surface area (Å²) in [6.07, 6.45) is 1.76. The van der Waals surface area contributed by atoms with Gasteiger partial charge in [0.05, 0.1) is 11.7 Å². The Kier molecular flexibility index (Phi) is 3.94. The van der Waals surface area contributed by atoms with Crippen LogP contribution >= 0.6 is 11.8 Å². The van der Waals surface area contributed by atoms with Gasteiger partial charge in [-0.3, -0.25) is 9.78 Å². The van der Waals surface area contributed by atoms with Crippen molar-refractivity contribution in [2.24, 2.45) is 10.9 Å². The minimum absolute atomic E-state index is 0.0368. The van der Waals surface area contributed by atoms with Gasteiger partial charge in [-0.25, -0.2) is 0 Å². The molecule has 1 aromatic rings. The number of hydrogen-bond acceptors (Lipinski definition) is 4. The Balaban J connectivity index is 2.06. The van der Waals surface area contributed by atoms with Gasteiger partial charge in [-0.05, 0) is 31.9 Å². The molecule has 0 fully saturated rings. The van der Waals surface area contributed by atoms with Crippen molar-refractivity contribution in [3.05, 3.63) is 30.1 Å². The van der Waals surface area contributed by atoms with Crippen molar-refractivity contribution < 1.29 is 4.79 Å². The minimum Gasteiger partial charge on any atom is -0.356 e. The first-order valence-electron chi connectivity index (χ1n) is 6.43. The molecule has 0 spiro atoms. The summed E-state index contributed by atoms with van der Waals surface area (Å²) in [5.74, 6) is 0.196. The molecule has 0 aliphatic carbocycles. The molecule has 1 aromatic heterocycles. The fraction of sp³-hybridized carbons (Fsp3) is 0.500. The Morgan fingerprint density at radius 1 is 1.32 bits per heavy atom. The zero-order valence-corrected chi connectivity index (χ0v) is 12.5. The molecule has 0 radical (unpaired) electrons. The van der Waals surface area contributed by atoms with Crippen molar-refractivity contribution in [2.75, 3.05) is 0 Å². The van der Waals surface area contributed by atoms with E-state index in [1.807, 2.05) is 45.9 Å². The van der Waals surface area contributed by atoms with E-state index in [0.29, 0.717) is 5.17 Å². The zero-order chi connectivity index (χ0) is 14.0. The summed E-state index contributed by atoms with van der Waals surface area (Å²) in [6.45, 7) is 8.06. The molecule has 1 aliphatic heterocycles. The molecule has 4 nitrogen and oxygen atoms in total. The first-order valence-corrected chi connectivity index (χ1v) is 7.24. The molecular formula is C14H19N3OS. The Hall–Kier alpha value is -1.36. The lowest BCUT2D eigenvalue weighted by Crippen LogP contribution is -2.34. The van der Waals surface area contributed by atoms with Crippen LogP contribution in [0.15, 0.2) is 29.4 Å². The van der Waals surface area contributed by atoms with Gasteiger partial charge in [0.15, 0.2) is 5.17 Å². The Morgan fingerprint density at radius 2 is 2.05 bits per heavy atom. The van der Waals surface area contributed by atoms with Gasteiger partial charge in [0.25, 0.3) is 5.91 Å². The molecule has 1 aliphatic rings. The highest BCUT2D eigenvalue weighted by molar-refractivity contribution is 8.16. The normalized spacial score (nSPS) is 24.5. The van der Waals surface area contributed by atoms with Gasteiger partial charge in [0, 0.05) is 6.20 Å². The number of aliphatic imine (C=N–C) groups is 1. The second-order valence-corrected chi connectivity index (χ2v) is 6.65. The first kappa shape index (κ1) is 14.1. The smallest absolute Gasteiger partial charge is 0.264 e. The highest BCUT2D eigenvalue weighted by atomic mass is 32.2. The van der Waals surface area contributed by atoms with Crippen molar-refractivity contribution in [3.8, 4) is 0 Å². The van der Waals surface area contributed by atoms with Crippen LogP contribution in [0.1, 0.15) is 39.4 Å². The number of hydrogen-bond donors (Lipinski definition) is 1. The van der Waals surface area contributed by atoms with Crippen molar-refractivity contribution in [3.63, 3.8) is 0 Å². The van der Waals surface area contributed by atoms with Crippen LogP contribution < -0.4 is 5.32 Å². The van der Waals surface area contributed by atoms with Gasteiger partial charge in [-0.15, -0.1) is 0 Å². The molecule has 0 unspecified atom stereocenters. The van der Waals surface area contributed by atoms with Crippen LogP contribution in [-0.2, 0) is 4.79 Å². The maximum atomic E-state index is 12.0. The van der Waals surface area contributed by atoms with E-state index >= 15 is 0 Å². The van der Waals surface area contributed by atoms with Crippen LogP contribution in [0.2, 0.25) is 0 Å². The Labute approximate surface area is 118 Å². The molecule has 102 valence electrons. The monoisotopic (exact) mass is 277 g/mol. The van der Waals surface area contributed by atoms with Gasteiger partial charge in [0.2, 0.25) is 0 Å². The number of aromatic nitrogens is 1. The quantitative estimate of drug-likeness (QED) is 0.923. The number of pyridine rings is 1. The van der Waals surface area contributed by atoms with E-state index in [4.69, 9.17) is 0 Å². The van der Waals surface area contributed by atoms with Gasteiger partial charge in [-0.2, -0.15) is 4.99 Å². The summed E-state index contributed by atoms with van der Waals surface area (Å²) in [6, 6.07) is 5.83. The Morgan fingerprint density at radius 3 is 2.58 bits per heavy atom. The lowest BCUT2D eigenvalue weighted by molar-refractivity contribution is -0.120. The molecule has 19 heavy (non-hydrogen) atoms. The molecule has 5 heteroatoms. The summed E-state index contributed by atoms with van der Waals surface area (Å²) < 4.78 is -0.452. The predicted octanol–water partition coefficient (Wildman–Crippen LogP) is 2.78. The molecular weight excluding hydrogens is 258 g/mol. The van der Waals surface area contributed by atoms with Crippen molar-refractivity contribution >= 4 is 22.8 Å².